The van der Waals surface area contributed by atoms with Crippen LogP contribution in [-0.2, 0) is 0 Å². The maximum absolute atomic E-state index is 10.6. The predicted octanol–water partition coefficient (Wildman–Crippen LogP) is 1.02. The summed E-state index contributed by atoms with van der Waals surface area (Å²) >= 11 is 0. The van der Waals surface area contributed by atoms with Gasteiger partial charge in [0.15, 0.2) is 5.96 Å². The van der Waals surface area contributed by atoms with E-state index in [1.165, 1.54) is 12.1 Å². The number of hydrogen-bond donors (Lipinski definition) is 3. The number of benzene rings is 1. The zero-order chi connectivity index (χ0) is 10.7. The van der Waals surface area contributed by atoms with Gasteiger partial charge < -0.3 is 16.6 Å². The van der Waals surface area contributed by atoms with E-state index in [-0.39, 0.29) is 23.9 Å². The molecule has 82 valence electrons. The number of hydrogen-bond acceptors (Lipinski definition) is 2. The lowest BCUT2D eigenvalue weighted by atomic mass is 10.1. The van der Waals surface area contributed by atoms with Gasteiger partial charge in [-0.1, -0.05) is 6.07 Å². The van der Waals surface area contributed by atoms with Crippen molar-refractivity contribution in [1.29, 1.82) is 0 Å². The second-order valence-electron chi connectivity index (χ2n) is 2.84. The second-order valence-corrected chi connectivity index (χ2v) is 2.84. The third kappa shape index (κ3) is 3.47. The Balaban J connectivity index is 0.00000196. The van der Waals surface area contributed by atoms with Gasteiger partial charge in [-0.2, -0.15) is 0 Å². The van der Waals surface area contributed by atoms with Gasteiger partial charge in [0.1, 0.15) is 0 Å². The molecule has 0 saturated heterocycles. The highest BCUT2D eigenvalue weighted by Gasteiger charge is 2.05. The van der Waals surface area contributed by atoms with Crippen LogP contribution in [0.3, 0.4) is 0 Å². The molecule has 0 unspecified atom stereocenters. The molecule has 0 radical (unpaired) electrons. The minimum atomic E-state index is -1.00. The van der Waals surface area contributed by atoms with Crippen LogP contribution < -0.4 is 11.5 Å². The summed E-state index contributed by atoms with van der Waals surface area (Å²) < 4.78 is 0. The number of carboxylic acids is 1. The van der Waals surface area contributed by atoms with Crippen molar-refractivity contribution in [3.05, 3.63) is 29.3 Å². The first kappa shape index (κ1) is 13.2. The molecule has 0 aromatic heterocycles. The Bertz CT molecular complexity index is 400. The Morgan fingerprint density at radius 2 is 2.00 bits per heavy atom. The van der Waals surface area contributed by atoms with E-state index in [0.29, 0.717) is 5.69 Å². The Morgan fingerprint density at radius 3 is 2.47 bits per heavy atom. The molecule has 0 atom stereocenters. The van der Waals surface area contributed by atoms with E-state index in [1.807, 2.05) is 0 Å². The highest BCUT2D eigenvalue weighted by Crippen LogP contribution is 2.19. The van der Waals surface area contributed by atoms with Crippen LogP contribution in [0.1, 0.15) is 15.9 Å². The van der Waals surface area contributed by atoms with Gasteiger partial charge in [0.2, 0.25) is 0 Å². The van der Waals surface area contributed by atoms with Crippen molar-refractivity contribution in [3.63, 3.8) is 0 Å². The van der Waals surface area contributed by atoms with E-state index in [4.69, 9.17) is 16.6 Å². The Morgan fingerprint density at radius 1 is 1.40 bits per heavy atom. The van der Waals surface area contributed by atoms with Crippen molar-refractivity contribution in [1.82, 2.24) is 0 Å². The van der Waals surface area contributed by atoms with Crippen LogP contribution in [0.2, 0.25) is 0 Å². The van der Waals surface area contributed by atoms with E-state index in [2.05, 4.69) is 4.99 Å². The van der Waals surface area contributed by atoms with E-state index in [9.17, 15) is 4.79 Å². The van der Waals surface area contributed by atoms with Gasteiger partial charge in [-0.25, -0.2) is 9.79 Å². The van der Waals surface area contributed by atoms with Crippen molar-refractivity contribution >= 4 is 30.0 Å². The van der Waals surface area contributed by atoms with E-state index in [0.717, 1.165) is 5.56 Å². The molecule has 0 saturated carbocycles. The lowest BCUT2D eigenvalue weighted by molar-refractivity contribution is 0.0697. The number of aromatic carboxylic acids is 1. The Labute approximate surface area is 93.2 Å². The lowest BCUT2D eigenvalue weighted by Crippen LogP contribution is -2.22. The van der Waals surface area contributed by atoms with Crippen LogP contribution in [-0.4, -0.2) is 17.0 Å². The number of aliphatic imine (C=N–C) groups is 1. The zero-order valence-corrected chi connectivity index (χ0v) is 8.91. The molecule has 0 amide bonds. The molecule has 0 heterocycles. The maximum atomic E-state index is 10.6. The topological polar surface area (TPSA) is 102 Å². The molecule has 0 fully saturated rings. The van der Waals surface area contributed by atoms with Gasteiger partial charge in [-0.3, -0.25) is 0 Å². The summed E-state index contributed by atoms with van der Waals surface area (Å²) in [6, 6.07) is 4.59. The molecule has 0 spiro atoms. The zero-order valence-electron chi connectivity index (χ0n) is 8.10. The minimum absolute atomic E-state index is 0. The fourth-order valence-corrected chi connectivity index (χ4v) is 1.00. The average Bonchev–Trinajstić information content (AvgIpc) is 2.07. The SMILES string of the molecule is Cc1ccc(C(=O)O)cc1N=C(N)N.Cl. The van der Waals surface area contributed by atoms with Crippen LogP contribution in [0.5, 0.6) is 0 Å². The molecule has 1 rings (SSSR count). The Kier molecular flexibility index (Phi) is 4.60. The second kappa shape index (κ2) is 5.21. The van der Waals surface area contributed by atoms with Crippen LogP contribution in [0.25, 0.3) is 0 Å². The molecule has 15 heavy (non-hydrogen) atoms. The first-order valence-corrected chi connectivity index (χ1v) is 3.94. The highest BCUT2D eigenvalue weighted by atomic mass is 35.5. The first-order chi connectivity index (χ1) is 6.50. The van der Waals surface area contributed by atoms with Gasteiger partial charge in [-0.15, -0.1) is 12.4 Å². The normalized spacial score (nSPS) is 8.87. The first-order valence-electron chi connectivity index (χ1n) is 3.94. The number of nitrogens with zero attached hydrogens (tertiary/aromatic N) is 1. The molecule has 0 aliphatic carbocycles. The highest BCUT2D eigenvalue weighted by molar-refractivity contribution is 5.89. The van der Waals surface area contributed by atoms with E-state index in [1.54, 1.807) is 13.0 Å². The van der Waals surface area contributed by atoms with E-state index >= 15 is 0 Å². The van der Waals surface area contributed by atoms with Gasteiger partial charge >= 0.3 is 5.97 Å². The molecule has 0 aliphatic rings. The van der Waals surface area contributed by atoms with Crippen molar-refractivity contribution in [3.8, 4) is 0 Å². The number of halogens is 1. The van der Waals surface area contributed by atoms with Gasteiger partial charge in [0.05, 0.1) is 11.3 Å². The molecule has 0 bridgehead atoms. The standard InChI is InChI=1S/C9H11N3O2.ClH/c1-5-2-3-6(8(13)14)4-7(5)12-9(10)11;/h2-4H,1H3,(H,13,14)(H4,10,11,12);1H. The summed E-state index contributed by atoms with van der Waals surface area (Å²) in [6.07, 6.45) is 0. The summed E-state index contributed by atoms with van der Waals surface area (Å²) in [5.41, 5.74) is 11.9. The van der Waals surface area contributed by atoms with Crippen LogP contribution in [0, 0.1) is 6.92 Å². The number of nitrogens with two attached hydrogens (primary N) is 2. The van der Waals surface area contributed by atoms with E-state index < -0.39 is 5.97 Å². The number of aryl methyl sites for hydroxylation is 1. The maximum Gasteiger partial charge on any atom is 0.335 e. The average molecular weight is 230 g/mol. The largest absolute Gasteiger partial charge is 0.478 e. The molecule has 0 aliphatic heterocycles. The number of guanidine groups is 1. The van der Waals surface area contributed by atoms with Crippen LogP contribution in [0.4, 0.5) is 5.69 Å². The molecule has 1 aromatic carbocycles. The number of carbonyl (C=O) groups is 1. The van der Waals surface area contributed by atoms with Crippen molar-refractivity contribution in [2.75, 3.05) is 0 Å². The summed E-state index contributed by atoms with van der Waals surface area (Å²) in [6.45, 7) is 1.80. The quantitative estimate of drug-likeness (QED) is 0.520. The fourth-order valence-electron chi connectivity index (χ4n) is 1.00. The molecular formula is C9H12ClN3O2. The number of rotatable bonds is 2. The summed E-state index contributed by atoms with van der Waals surface area (Å²) in [4.78, 5) is 14.5. The van der Waals surface area contributed by atoms with Crippen molar-refractivity contribution < 1.29 is 9.90 Å². The summed E-state index contributed by atoms with van der Waals surface area (Å²) in [5, 5.41) is 8.72. The molecular weight excluding hydrogens is 218 g/mol. The monoisotopic (exact) mass is 229 g/mol. The van der Waals surface area contributed by atoms with Gasteiger partial charge in [-0.05, 0) is 24.6 Å². The molecule has 5 N–H and O–H groups in total. The van der Waals surface area contributed by atoms with Gasteiger partial charge in [0.25, 0.3) is 0 Å². The fraction of sp³-hybridized carbons (Fsp3) is 0.111. The van der Waals surface area contributed by atoms with Crippen LogP contribution >= 0.6 is 12.4 Å². The smallest absolute Gasteiger partial charge is 0.335 e. The minimum Gasteiger partial charge on any atom is -0.478 e. The third-order valence-corrected chi connectivity index (χ3v) is 1.71. The molecule has 5 nitrogen and oxygen atoms in total. The summed E-state index contributed by atoms with van der Waals surface area (Å²) in [7, 11) is 0. The molecule has 6 heteroatoms. The van der Waals surface area contributed by atoms with Crippen molar-refractivity contribution in [2.45, 2.75) is 6.92 Å². The summed E-state index contributed by atoms with van der Waals surface area (Å²) in [5.74, 6) is -1.09. The number of carboxylic acid groups (broad SMARTS) is 1. The van der Waals surface area contributed by atoms with Crippen LogP contribution in [0.15, 0.2) is 23.2 Å². The lowest BCUT2D eigenvalue weighted by Gasteiger charge is -2.01. The predicted molar refractivity (Wildman–Crippen MR) is 60.9 cm³/mol. The Hall–Kier alpha value is -1.75. The van der Waals surface area contributed by atoms with Gasteiger partial charge in [0, 0.05) is 0 Å². The molecule has 1 aromatic rings. The van der Waals surface area contributed by atoms with Crippen molar-refractivity contribution in [2.24, 2.45) is 16.5 Å². The third-order valence-electron chi connectivity index (χ3n) is 1.71.